The van der Waals surface area contributed by atoms with Gasteiger partial charge in [-0.1, -0.05) is 37.3 Å². The molecule has 1 unspecified atom stereocenters. The summed E-state index contributed by atoms with van der Waals surface area (Å²) >= 11 is 5.67. The van der Waals surface area contributed by atoms with Gasteiger partial charge >= 0.3 is 0 Å². The molecule has 1 atom stereocenters. The molecule has 1 aromatic heterocycles. The zero-order chi connectivity index (χ0) is 14.2. The van der Waals surface area contributed by atoms with Gasteiger partial charge in [-0.05, 0) is 53.9 Å². The Hall–Kier alpha value is -0.640. The van der Waals surface area contributed by atoms with Crippen LogP contribution in [0.25, 0.3) is 0 Å². The highest BCUT2D eigenvalue weighted by atomic mass is 79.9. The van der Waals surface area contributed by atoms with Crippen molar-refractivity contribution in [3.8, 4) is 0 Å². The van der Waals surface area contributed by atoms with Gasteiger partial charge in [-0.3, -0.25) is 0 Å². The maximum atomic E-state index is 3.75. The predicted octanol–water partition coefficient (Wildman–Crippen LogP) is 5.20. The van der Waals surface area contributed by atoms with Crippen LogP contribution in [0.4, 0.5) is 0 Å². The number of nitrogens with one attached hydrogen (secondary N) is 1. The number of rotatable bonds is 5. The number of likely N-dealkylation sites (N-methyl/N-ethyl adjacent to an activating group) is 1. The fourth-order valence-electron chi connectivity index (χ4n) is 3.09. The van der Waals surface area contributed by atoms with Gasteiger partial charge in [0.05, 0.1) is 6.04 Å². The van der Waals surface area contributed by atoms with Gasteiger partial charge in [-0.2, -0.15) is 0 Å². The van der Waals surface area contributed by atoms with Crippen LogP contribution in [-0.2, 0) is 5.41 Å². The molecule has 3 rings (SSSR count). The van der Waals surface area contributed by atoms with Gasteiger partial charge in [0.1, 0.15) is 0 Å². The van der Waals surface area contributed by atoms with Crippen LogP contribution in [0.5, 0.6) is 0 Å². The summed E-state index contributed by atoms with van der Waals surface area (Å²) in [5, 5.41) is 3.73. The van der Waals surface area contributed by atoms with Crippen LogP contribution >= 0.6 is 27.3 Å². The average molecular weight is 350 g/mol. The van der Waals surface area contributed by atoms with Crippen molar-refractivity contribution in [2.75, 3.05) is 6.54 Å². The van der Waals surface area contributed by atoms with Crippen LogP contribution in [-0.4, -0.2) is 6.54 Å². The number of halogens is 1. The molecule has 0 spiro atoms. The van der Waals surface area contributed by atoms with Crippen LogP contribution in [0.15, 0.2) is 40.9 Å². The Morgan fingerprint density at radius 1 is 1.30 bits per heavy atom. The van der Waals surface area contributed by atoms with E-state index in [1.54, 1.807) is 0 Å². The highest BCUT2D eigenvalue weighted by Gasteiger charge is 2.51. The summed E-state index contributed by atoms with van der Waals surface area (Å²) < 4.78 is 1.26. The fraction of sp³-hybridized carbons (Fsp3) is 0.412. The molecule has 20 heavy (non-hydrogen) atoms. The lowest BCUT2D eigenvalue weighted by Gasteiger charge is -2.28. The summed E-state index contributed by atoms with van der Waals surface area (Å²) in [5.41, 5.74) is 1.76. The molecule has 1 heterocycles. The smallest absolute Gasteiger partial charge is 0.0524 e. The Morgan fingerprint density at radius 3 is 2.50 bits per heavy atom. The van der Waals surface area contributed by atoms with Gasteiger partial charge in [0, 0.05) is 19.6 Å². The van der Waals surface area contributed by atoms with Crippen LogP contribution < -0.4 is 5.32 Å². The minimum absolute atomic E-state index is 0.289. The minimum atomic E-state index is 0.289. The molecule has 1 nitrogen and oxygen atoms in total. The Balaban J connectivity index is 2.01. The normalized spacial score (nSPS) is 17.9. The van der Waals surface area contributed by atoms with Crippen molar-refractivity contribution in [1.82, 2.24) is 5.32 Å². The average Bonchev–Trinajstić information content (AvgIpc) is 3.18. The lowest BCUT2D eigenvalue weighted by atomic mass is 9.87. The maximum absolute atomic E-state index is 3.75. The van der Waals surface area contributed by atoms with Crippen LogP contribution in [0.2, 0.25) is 0 Å². The number of benzene rings is 1. The third-order valence-electron chi connectivity index (χ3n) is 4.20. The largest absolute Gasteiger partial charge is 0.309 e. The monoisotopic (exact) mass is 349 g/mol. The fourth-order valence-corrected chi connectivity index (χ4v) is 5.16. The molecule has 106 valence electrons. The number of hydrogen-bond donors (Lipinski definition) is 1. The summed E-state index contributed by atoms with van der Waals surface area (Å²) in [6.45, 7) is 5.38. The number of aryl methyl sites for hydroxylation is 1. The molecule has 0 amide bonds. The third kappa shape index (κ3) is 2.47. The van der Waals surface area contributed by atoms with Crippen molar-refractivity contribution in [3.63, 3.8) is 0 Å². The summed E-state index contributed by atoms with van der Waals surface area (Å²) in [5.74, 6) is 0. The van der Waals surface area contributed by atoms with Gasteiger partial charge in [0.15, 0.2) is 0 Å². The van der Waals surface area contributed by atoms with E-state index < -0.39 is 0 Å². The third-order valence-corrected chi connectivity index (χ3v) is 6.23. The van der Waals surface area contributed by atoms with E-state index in [2.05, 4.69) is 71.5 Å². The molecular formula is C17H20BrNS. The van der Waals surface area contributed by atoms with Gasteiger partial charge in [-0.15, -0.1) is 11.3 Å². The summed E-state index contributed by atoms with van der Waals surface area (Å²) in [7, 11) is 0. The molecule has 0 saturated heterocycles. The van der Waals surface area contributed by atoms with Crippen molar-refractivity contribution in [3.05, 3.63) is 56.2 Å². The Morgan fingerprint density at radius 2 is 2.00 bits per heavy atom. The molecule has 1 saturated carbocycles. The predicted molar refractivity (Wildman–Crippen MR) is 90.5 cm³/mol. The topological polar surface area (TPSA) is 12.0 Å². The molecular weight excluding hydrogens is 330 g/mol. The molecule has 2 aromatic rings. The molecule has 0 aliphatic heterocycles. The quantitative estimate of drug-likeness (QED) is 0.781. The lowest BCUT2D eigenvalue weighted by Crippen LogP contribution is -2.31. The number of thiophene rings is 1. The standard InChI is InChI=1S/C17H20BrNS/c1-3-19-16(15-14(18)11-12(2)20-15)17(9-10-17)13-7-5-4-6-8-13/h4-8,11,16,19H,3,9-10H2,1-2H3. The zero-order valence-corrected chi connectivity index (χ0v) is 14.4. The van der Waals surface area contributed by atoms with Crippen LogP contribution in [0, 0.1) is 6.92 Å². The van der Waals surface area contributed by atoms with Crippen molar-refractivity contribution in [1.29, 1.82) is 0 Å². The van der Waals surface area contributed by atoms with Gasteiger partial charge in [-0.25, -0.2) is 0 Å². The van der Waals surface area contributed by atoms with E-state index in [0.717, 1.165) is 6.54 Å². The van der Waals surface area contributed by atoms with Gasteiger partial charge in [0.2, 0.25) is 0 Å². The van der Waals surface area contributed by atoms with E-state index in [9.17, 15) is 0 Å². The first-order chi connectivity index (χ1) is 9.67. The highest BCUT2D eigenvalue weighted by Crippen LogP contribution is 2.58. The SMILES string of the molecule is CCNC(c1sc(C)cc1Br)C1(c2ccccc2)CC1. The Labute approximate surface area is 133 Å². The second-order valence-electron chi connectivity index (χ2n) is 5.58. The van der Waals surface area contributed by atoms with Gasteiger partial charge < -0.3 is 5.32 Å². The molecule has 0 bridgehead atoms. The Kier molecular flexibility index (Phi) is 4.02. The van der Waals surface area contributed by atoms with Gasteiger partial charge in [0.25, 0.3) is 0 Å². The maximum Gasteiger partial charge on any atom is 0.0524 e. The summed E-state index contributed by atoms with van der Waals surface area (Å²) in [6, 6.07) is 13.7. The molecule has 1 fully saturated rings. The first-order valence-corrected chi connectivity index (χ1v) is 8.83. The van der Waals surface area contributed by atoms with Crippen molar-refractivity contribution in [2.45, 2.75) is 38.1 Å². The molecule has 1 N–H and O–H groups in total. The zero-order valence-electron chi connectivity index (χ0n) is 11.9. The lowest BCUT2D eigenvalue weighted by molar-refractivity contribution is 0.445. The highest BCUT2D eigenvalue weighted by molar-refractivity contribution is 9.10. The van der Waals surface area contributed by atoms with E-state index in [-0.39, 0.29) is 5.41 Å². The van der Waals surface area contributed by atoms with Crippen molar-refractivity contribution >= 4 is 27.3 Å². The van der Waals surface area contributed by atoms with E-state index in [0.29, 0.717) is 6.04 Å². The van der Waals surface area contributed by atoms with E-state index in [1.807, 2.05) is 11.3 Å². The van der Waals surface area contributed by atoms with Crippen molar-refractivity contribution < 1.29 is 0 Å². The van der Waals surface area contributed by atoms with E-state index >= 15 is 0 Å². The molecule has 0 radical (unpaired) electrons. The van der Waals surface area contributed by atoms with Crippen molar-refractivity contribution in [2.24, 2.45) is 0 Å². The van der Waals surface area contributed by atoms with Crippen LogP contribution in [0.1, 0.15) is 41.1 Å². The number of hydrogen-bond acceptors (Lipinski definition) is 2. The summed E-state index contributed by atoms with van der Waals surface area (Å²) in [6.07, 6.45) is 2.55. The Bertz CT molecular complexity index is 586. The van der Waals surface area contributed by atoms with E-state index in [1.165, 1.54) is 32.6 Å². The second-order valence-corrected chi connectivity index (χ2v) is 7.72. The molecule has 1 aliphatic rings. The molecule has 3 heteroatoms. The molecule has 1 aliphatic carbocycles. The summed E-state index contributed by atoms with van der Waals surface area (Å²) in [4.78, 5) is 2.82. The first kappa shape index (κ1) is 14.3. The second kappa shape index (κ2) is 5.63. The van der Waals surface area contributed by atoms with Crippen LogP contribution in [0.3, 0.4) is 0 Å². The molecule has 1 aromatic carbocycles. The minimum Gasteiger partial charge on any atom is -0.309 e. The van der Waals surface area contributed by atoms with E-state index in [4.69, 9.17) is 0 Å². The first-order valence-electron chi connectivity index (χ1n) is 7.22.